The first-order valence-electron chi connectivity index (χ1n) is 9.99. The number of amides is 2. The maximum atomic E-state index is 13.1. The van der Waals surface area contributed by atoms with Crippen LogP contribution in [0, 0.1) is 0 Å². The molecule has 1 aliphatic rings. The number of benzene rings is 2. The normalized spacial score (nSPS) is 12.8. The Morgan fingerprint density at radius 3 is 2.58 bits per heavy atom. The molecule has 4 rings (SSSR count). The van der Waals surface area contributed by atoms with E-state index in [1.165, 1.54) is 7.11 Å². The third-order valence-electron chi connectivity index (χ3n) is 5.25. The molecule has 2 heterocycles. The number of fused-ring (bicyclic) bond motifs is 1. The van der Waals surface area contributed by atoms with Gasteiger partial charge in [-0.1, -0.05) is 30.3 Å². The molecular formula is C23H24N4O4. The van der Waals surface area contributed by atoms with Gasteiger partial charge >= 0.3 is 0 Å². The van der Waals surface area contributed by atoms with E-state index in [2.05, 4.69) is 10.4 Å². The van der Waals surface area contributed by atoms with Crippen LogP contribution in [0.5, 0.6) is 11.5 Å². The number of aromatic nitrogens is 2. The summed E-state index contributed by atoms with van der Waals surface area (Å²) in [5.41, 5.74) is 2.65. The number of hydrogen-bond acceptors (Lipinski definition) is 5. The smallest absolute Gasteiger partial charge is 0.272 e. The van der Waals surface area contributed by atoms with Gasteiger partial charge in [-0.2, -0.15) is 5.10 Å². The molecule has 0 atom stereocenters. The number of hydrogen-bond donors (Lipinski definition) is 1. The van der Waals surface area contributed by atoms with E-state index in [0.29, 0.717) is 48.9 Å². The van der Waals surface area contributed by atoms with E-state index in [0.717, 1.165) is 11.3 Å². The lowest BCUT2D eigenvalue weighted by Gasteiger charge is -2.28. The van der Waals surface area contributed by atoms with E-state index in [4.69, 9.17) is 9.47 Å². The first kappa shape index (κ1) is 20.5. The van der Waals surface area contributed by atoms with Crippen molar-refractivity contribution in [2.75, 3.05) is 20.8 Å². The van der Waals surface area contributed by atoms with E-state index in [9.17, 15) is 9.59 Å². The molecule has 1 N–H and O–H groups in total. The molecule has 2 amide bonds. The minimum Gasteiger partial charge on any atom is -0.497 e. The molecule has 2 aromatic carbocycles. The molecule has 31 heavy (non-hydrogen) atoms. The van der Waals surface area contributed by atoms with Crippen LogP contribution in [0.2, 0.25) is 0 Å². The Kier molecular flexibility index (Phi) is 5.88. The molecule has 0 unspecified atom stereocenters. The topological polar surface area (TPSA) is 85.7 Å². The van der Waals surface area contributed by atoms with Gasteiger partial charge in [0.15, 0.2) is 5.69 Å². The van der Waals surface area contributed by atoms with Gasteiger partial charge in [0.25, 0.3) is 11.8 Å². The third-order valence-corrected chi connectivity index (χ3v) is 5.25. The third kappa shape index (κ3) is 4.37. The average molecular weight is 420 g/mol. The summed E-state index contributed by atoms with van der Waals surface area (Å²) in [6.45, 7) is 1.82. The Morgan fingerprint density at radius 2 is 1.84 bits per heavy atom. The van der Waals surface area contributed by atoms with Crippen molar-refractivity contribution in [1.29, 1.82) is 0 Å². The molecule has 0 radical (unpaired) electrons. The second-order valence-corrected chi connectivity index (χ2v) is 7.21. The van der Waals surface area contributed by atoms with Crippen molar-refractivity contribution >= 4 is 11.8 Å². The molecule has 0 saturated heterocycles. The van der Waals surface area contributed by atoms with Crippen LogP contribution in [0.25, 0.3) is 0 Å². The van der Waals surface area contributed by atoms with Gasteiger partial charge < -0.3 is 19.7 Å². The minimum atomic E-state index is -0.236. The number of nitrogens with one attached hydrogen (secondary N) is 1. The van der Waals surface area contributed by atoms with Crippen molar-refractivity contribution in [3.8, 4) is 11.5 Å². The highest BCUT2D eigenvalue weighted by Crippen LogP contribution is 2.27. The molecular weight excluding hydrogens is 396 g/mol. The summed E-state index contributed by atoms with van der Waals surface area (Å²) in [4.78, 5) is 27.3. The van der Waals surface area contributed by atoms with Crippen LogP contribution >= 0.6 is 0 Å². The zero-order valence-electron chi connectivity index (χ0n) is 17.5. The Hall–Kier alpha value is -3.81. The molecule has 8 nitrogen and oxygen atoms in total. The first-order chi connectivity index (χ1) is 15.1. The predicted octanol–water partition coefficient (Wildman–Crippen LogP) is 2.49. The van der Waals surface area contributed by atoms with E-state index in [-0.39, 0.29) is 11.8 Å². The molecule has 3 aromatic rings. The molecule has 8 heteroatoms. The zero-order valence-corrected chi connectivity index (χ0v) is 17.5. The quantitative estimate of drug-likeness (QED) is 0.662. The number of ether oxygens (including phenoxy) is 2. The Balaban J connectivity index is 1.45. The average Bonchev–Trinajstić information content (AvgIpc) is 3.26. The van der Waals surface area contributed by atoms with Gasteiger partial charge in [0.2, 0.25) is 0 Å². The summed E-state index contributed by atoms with van der Waals surface area (Å²) in [6.07, 6.45) is 0. The van der Waals surface area contributed by atoms with Gasteiger partial charge in [-0.05, 0) is 23.8 Å². The summed E-state index contributed by atoms with van der Waals surface area (Å²) in [6, 6.07) is 16.6. The summed E-state index contributed by atoms with van der Waals surface area (Å²) < 4.78 is 12.4. The molecule has 0 bridgehead atoms. The molecule has 0 aliphatic carbocycles. The molecule has 0 fully saturated rings. The fourth-order valence-electron chi connectivity index (χ4n) is 3.56. The van der Waals surface area contributed by atoms with Crippen molar-refractivity contribution in [3.05, 3.63) is 77.1 Å². The fraction of sp³-hybridized carbons (Fsp3) is 0.261. The van der Waals surface area contributed by atoms with Crippen molar-refractivity contribution in [1.82, 2.24) is 20.0 Å². The second-order valence-electron chi connectivity index (χ2n) is 7.21. The molecule has 1 aromatic heterocycles. The van der Waals surface area contributed by atoms with Gasteiger partial charge in [-0.3, -0.25) is 14.3 Å². The van der Waals surface area contributed by atoms with Crippen molar-refractivity contribution < 1.29 is 19.1 Å². The SMILES string of the molecule is COc1ccc(C(=O)N2CCn3nc(C(=O)NCc4ccccc4)cc3C2)c(OC)c1. The number of carbonyl (C=O) groups excluding carboxylic acids is 2. The Labute approximate surface area is 180 Å². The Morgan fingerprint density at radius 1 is 1.03 bits per heavy atom. The van der Waals surface area contributed by atoms with Crippen LogP contribution in [0.1, 0.15) is 32.1 Å². The lowest BCUT2D eigenvalue weighted by atomic mass is 10.1. The van der Waals surface area contributed by atoms with Crippen LogP contribution in [0.3, 0.4) is 0 Å². The van der Waals surface area contributed by atoms with Crippen LogP contribution in [0.4, 0.5) is 0 Å². The van der Waals surface area contributed by atoms with E-state index in [1.54, 1.807) is 41.0 Å². The number of rotatable bonds is 6. The summed E-state index contributed by atoms with van der Waals surface area (Å²) in [5.74, 6) is 0.711. The van der Waals surface area contributed by atoms with Crippen LogP contribution in [0.15, 0.2) is 54.6 Å². The van der Waals surface area contributed by atoms with E-state index in [1.807, 2.05) is 30.3 Å². The highest BCUT2D eigenvalue weighted by Gasteiger charge is 2.26. The van der Waals surface area contributed by atoms with Crippen molar-refractivity contribution in [2.45, 2.75) is 19.6 Å². The van der Waals surface area contributed by atoms with Gasteiger partial charge in [0, 0.05) is 19.2 Å². The zero-order chi connectivity index (χ0) is 21.8. The lowest BCUT2D eigenvalue weighted by Crippen LogP contribution is -2.38. The fourth-order valence-corrected chi connectivity index (χ4v) is 3.56. The van der Waals surface area contributed by atoms with Gasteiger partial charge in [-0.15, -0.1) is 0 Å². The van der Waals surface area contributed by atoms with Gasteiger partial charge in [0.05, 0.1) is 38.6 Å². The standard InChI is InChI=1S/C23H24N4O4/c1-30-18-8-9-19(21(13-18)31-2)23(29)26-10-11-27-17(15-26)12-20(25-27)22(28)24-14-16-6-4-3-5-7-16/h3-9,12-13H,10-11,14-15H2,1-2H3,(H,24,28). The summed E-state index contributed by atoms with van der Waals surface area (Å²) in [7, 11) is 3.09. The second kappa shape index (κ2) is 8.91. The maximum Gasteiger partial charge on any atom is 0.272 e. The summed E-state index contributed by atoms with van der Waals surface area (Å²) >= 11 is 0. The largest absolute Gasteiger partial charge is 0.497 e. The number of nitrogens with zero attached hydrogens (tertiary/aromatic N) is 3. The van der Waals surface area contributed by atoms with Crippen LogP contribution in [-0.4, -0.2) is 47.3 Å². The highest BCUT2D eigenvalue weighted by atomic mass is 16.5. The summed E-state index contributed by atoms with van der Waals surface area (Å²) in [5, 5.41) is 7.30. The molecule has 160 valence electrons. The number of methoxy groups -OCH3 is 2. The van der Waals surface area contributed by atoms with Crippen LogP contribution in [-0.2, 0) is 19.6 Å². The number of carbonyl (C=O) groups is 2. The van der Waals surface area contributed by atoms with Crippen molar-refractivity contribution in [3.63, 3.8) is 0 Å². The maximum absolute atomic E-state index is 13.1. The van der Waals surface area contributed by atoms with Crippen molar-refractivity contribution in [2.24, 2.45) is 0 Å². The minimum absolute atomic E-state index is 0.137. The van der Waals surface area contributed by atoms with Crippen LogP contribution < -0.4 is 14.8 Å². The monoisotopic (exact) mass is 420 g/mol. The van der Waals surface area contributed by atoms with Gasteiger partial charge in [0.1, 0.15) is 11.5 Å². The highest BCUT2D eigenvalue weighted by molar-refractivity contribution is 5.97. The molecule has 0 spiro atoms. The molecule has 1 aliphatic heterocycles. The van der Waals surface area contributed by atoms with E-state index < -0.39 is 0 Å². The predicted molar refractivity (Wildman–Crippen MR) is 114 cm³/mol. The molecule has 0 saturated carbocycles. The van der Waals surface area contributed by atoms with Gasteiger partial charge in [-0.25, -0.2) is 0 Å². The lowest BCUT2D eigenvalue weighted by molar-refractivity contribution is 0.0702. The van der Waals surface area contributed by atoms with E-state index >= 15 is 0 Å². The first-order valence-corrected chi connectivity index (χ1v) is 9.99. The Bertz CT molecular complexity index is 1090.